The number of pyridine rings is 2. The van der Waals surface area contributed by atoms with Gasteiger partial charge in [-0.3, -0.25) is 4.98 Å². The zero-order valence-corrected chi connectivity index (χ0v) is 12.8. The van der Waals surface area contributed by atoms with Gasteiger partial charge in [-0.05, 0) is 32.9 Å². The Balaban J connectivity index is 1.85. The molecule has 3 aromatic rings. The number of aromatic nitrogens is 2. The van der Waals surface area contributed by atoms with Crippen LogP contribution in [0, 0.1) is 0 Å². The molecular weight excluding hydrogens is 338 g/mol. The molecular formula is C15H11BrClN3. The van der Waals surface area contributed by atoms with Crippen molar-refractivity contribution in [2.45, 2.75) is 6.54 Å². The number of nitrogens with one attached hydrogen (secondary N) is 1. The van der Waals surface area contributed by atoms with Gasteiger partial charge in [-0.15, -0.1) is 0 Å². The molecule has 3 nitrogen and oxygen atoms in total. The highest BCUT2D eigenvalue weighted by Gasteiger charge is 2.03. The molecule has 0 saturated heterocycles. The van der Waals surface area contributed by atoms with Gasteiger partial charge in [0.1, 0.15) is 5.15 Å². The van der Waals surface area contributed by atoms with Gasteiger partial charge in [0.15, 0.2) is 0 Å². The molecule has 3 rings (SSSR count). The SMILES string of the molecule is Clc1ncc(NCc2cncc3ccccc23)cc1Br. The summed E-state index contributed by atoms with van der Waals surface area (Å²) in [5.41, 5.74) is 2.06. The van der Waals surface area contributed by atoms with Gasteiger partial charge < -0.3 is 5.32 Å². The normalized spacial score (nSPS) is 10.7. The highest BCUT2D eigenvalue weighted by atomic mass is 79.9. The Bertz CT molecular complexity index is 756. The van der Waals surface area contributed by atoms with E-state index < -0.39 is 0 Å². The summed E-state index contributed by atoms with van der Waals surface area (Å²) in [4.78, 5) is 8.36. The van der Waals surface area contributed by atoms with Gasteiger partial charge in [-0.1, -0.05) is 35.9 Å². The lowest BCUT2D eigenvalue weighted by atomic mass is 10.1. The van der Waals surface area contributed by atoms with Crippen LogP contribution in [0.5, 0.6) is 0 Å². The van der Waals surface area contributed by atoms with Crippen LogP contribution in [0.2, 0.25) is 5.15 Å². The topological polar surface area (TPSA) is 37.8 Å². The van der Waals surface area contributed by atoms with E-state index >= 15 is 0 Å². The van der Waals surface area contributed by atoms with Gasteiger partial charge in [0.2, 0.25) is 0 Å². The van der Waals surface area contributed by atoms with Crippen molar-refractivity contribution in [3.8, 4) is 0 Å². The van der Waals surface area contributed by atoms with E-state index in [1.54, 1.807) is 6.20 Å². The summed E-state index contributed by atoms with van der Waals surface area (Å²) < 4.78 is 0.778. The van der Waals surface area contributed by atoms with Crippen LogP contribution < -0.4 is 5.32 Å². The minimum Gasteiger partial charge on any atom is -0.380 e. The Morgan fingerprint density at radius 1 is 1.15 bits per heavy atom. The van der Waals surface area contributed by atoms with E-state index in [9.17, 15) is 0 Å². The second-order valence-electron chi connectivity index (χ2n) is 4.37. The first kappa shape index (κ1) is 13.3. The predicted octanol–water partition coefficient (Wildman–Crippen LogP) is 4.66. The molecule has 0 radical (unpaired) electrons. The fourth-order valence-electron chi connectivity index (χ4n) is 2.04. The zero-order valence-electron chi connectivity index (χ0n) is 10.5. The molecule has 0 spiro atoms. The van der Waals surface area contributed by atoms with Gasteiger partial charge in [-0.2, -0.15) is 0 Å². The van der Waals surface area contributed by atoms with E-state index in [0.29, 0.717) is 11.7 Å². The lowest BCUT2D eigenvalue weighted by Crippen LogP contribution is -2.01. The molecule has 100 valence electrons. The quantitative estimate of drug-likeness (QED) is 0.700. The molecule has 1 aromatic carbocycles. The molecule has 0 bridgehead atoms. The van der Waals surface area contributed by atoms with Crippen molar-refractivity contribution in [1.29, 1.82) is 0 Å². The number of rotatable bonds is 3. The van der Waals surface area contributed by atoms with Crippen molar-refractivity contribution in [1.82, 2.24) is 9.97 Å². The highest BCUT2D eigenvalue weighted by Crippen LogP contribution is 2.24. The Labute approximate surface area is 130 Å². The number of hydrogen-bond acceptors (Lipinski definition) is 3. The van der Waals surface area contributed by atoms with Crippen LogP contribution in [0.25, 0.3) is 10.8 Å². The number of hydrogen-bond donors (Lipinski definition) is 1. The second-order valence-corrected chi connectivity index (χ2v) is 5.58. The summed E-state index contributed by atoms with van der Waals surface area (Å²) >= 11 is 9.25. The summed E-state index contributed by atoms with van der Waals surface area (Å²) in [5.74, 6) is 0. The summed E-state index contributed by atoms with van der Waals surface area (Å²) in [7, 11) is 0. The first-order valence-electron chi connectivity index (χ1n) is 6.10. The van der Waals surface area contributed by atoms with Crippen molar-refractivity contribution in [2.24, 2.45) is 0 Å². The van der Waals surface area contributed by atoms with Crippen molar-refractivity contribution in [2.75, 3.05) is 5.32 Å². The molecule has 0 aliphatic carbocycles. The molecule has 0 saturated carbocycles. The molecule has 1 N–H and O–H groups in total. The third-order valence-corrected chi connectivity index (χ3v) is 4.16. The fourth-order valence-corrected chi connectivity index (χ4v) is 2.49. The van der Waals surface area contributed by atoms with Crippen molar-refractivity contribution >= 4 is 44.0 Å². The molecule has 0 unspecified atom stereocenters. The summed E-state index contributed by atoms with van der Waals surface area (Å²) in [6, 6.07) is 10.1. The largest absolute Gasteiger partial charge is 0.380 e. The third-order valence-electron chi connectivity index (χ3n) is 3.03. The predicted molar refractivity (Wildman–Crippen MR) is 86.0 cm³/mol. The molecule has 0 amide bonds. The zero-order chi connectivity index (χ0) is 13.9. The van der Waals surface area contributed by atoms with Crippen LogP contribution in [0.3, 0.4) is 0 Å². The Kier molecular flexibility index (Phi) is 3.85. The first-order valence-corrected chi connectivity index (χ1v) is 7.27. The fraction of sp³-hybridized carbons (Fsp3) is 0.0667. The third kappa shape index (κ3) is 2.76. The molecule has 2 heterocycles. The van der Waals surface area contributed by atoms with Crippen molar-refractivity contribution in [3.63, 3.8) is 0 Å². The van der Waals surface area contributed by atoms with E-state index in [1.807, 2.05) is 30.6 Å². The average Bonchev–Trinajstić information content (AvgIpc) is 2.48. The van der Waals surface area contributed by atoms with Crippen LogP contribution >= 0.6 is 27.5 Å². The van der Waals surface area contributed by atoms with E-state index in [2.05, 4.69) is 43.3 Å². The van der Waals surface area contributed by atoms with E-state index in [-0.39, 0.29) is 0 Å². The minimum absolute atomic E-state index is 0.461. The van der Waals surface area contributed by atoms with Gasteiger partial charge in [-0.25, -0.2) is 4.98 Å². The smallest absolute Gasteiger partial charge is 0.143 e. The molecule has 2 aromatic heterocycles. The molecule has 0 aliphatic heterocycles. The lowest BCUT2D eigenvalue weighted by molar-refractivity contribution is 1.12. The number of halogens is 2. The highest BCUT2D eigenvalue weighted by molar-refractivity contribution is 9.10. The van der Waals surface area contributed by atoms with E-state index in [1.165, 1.54) is 5.39 Å². The van der Waals surface area contributed by atoms with E-state index in [4.69, 9.17) is 11.6 Å². The van der Waals surface area contributed by atoms with Crippen molar-refractivity contribution in [3.05, 3.63) is 64.1 Å². The maximum atomic E-state index is 5.88. The molecule has 5 heteroatoms. The standard InChI is InChI=1S/C15H11BrClN3/c16-14-5-12(9-20-15(14)17)19-8-11-7-18-6-10-3-1-2-4-13(10)11/h1-7,9,19H,8H2. The summed E-state index contributed by atoms with van der Waals surface area (Å²) in [5, 5.41) is 6.14. The number of anilines is 1. The monoisotopic (exact) mass is 347 g/mol. The van der Waals surface area contributed by atoms with Gasteiger partial charge in [0.25, 0.3) is 0 Å². The number of benzene rings is 1. The molecule has 0 fully saturated rings. The van der Waals surface area contributed by atoms with Gasteiger partial charge in [0.05, 0.1) is 16.4 Å². The maximum absolute atomic E-state index is 5.88. The minimum atomic E-state index is 0.461. The number of fused-ring (bicyclic) bond motifs is 1. The van der Waals surface area contributed by atoms with Crippen LogP contribution in [0.15, 0.2) is 53.4 Å². The number of nitrogens with zero attached hydrogens (tertiary/aromatic N) is 2. The van der Waals surface area contributed by atoms with Crippen molar-refractivity contribution < 1.29 is 0 Å². The summed E-state index contributed by atoms with van der Waals surface area (Å²) in [6.07, 6.45) is 5.47. The first-order chi connectivity index (χ1) is 9.74. The Morgan fingerprint density at radius 3 is 2.85 bits per heavy atom. The lowest BCUT2D eigenvalue weighted by Gasteiger charge is -2.09. The Hall–Kier alpha value is -1.65. The molecule has 20 heavy (non-hydrogen) atoms. The molecule has 0 atom stereocenters. The van der Waals surface area contributed by atoms with Crippen LogP contribution in [0.4, 0.5) is 5.69 Å². The maximum Gasteiger partial charge on any atom is 0.143 e. The summed E-state index contributed by atoms with van der Waals surface area (Å²) in [6.45, 7) is 0.685. The van der Waals surface area contributed by atoms with Gasteiger partial charge in [0, 0.05) is 24.3 Å². The van der Waals surface area contributed by atoms with Crippen LogP contribution in [-0.4, -0.2) is 9.97 Å². The van der Waals surface area contributed by atoms with Crippen LogP contribution in [0.1, 0.15) is 5.56 Å². The molecule has 0 aliphatic rings. The van der Waals surface area contributed by atoms with Crippen LogP contribution in [-0.2, 0) is 6.54 Å². The Morgan fingerprint density at radius 2 is 2.00 bits per heavy atom. The van der Waals surface area contributed by atoms with E-state index in [0.717, 1.165) is 21.1 Å². The van der Waals surface area contributed by atoms with Gasteiger partial charge >= 0.3 is 0 Å². The average molecular weight is 349 g/mol. The second kappa shape index (κ2) is 5.77.